The lowest BCUT2D eigenvalue weighted by Crippen LogP contribution is -2.38. The van der Waals surface area contributed by atoms with Crippen molar-refractivity contribution in [2.75, 3.05) is 13.7 Å². The molecule has 19 heavy (non-hydrogen) atoms. The first-order valence-electron chi connectivity index (χ1n) is 7.31. The first kappa shape index (κ1) is 12.9. The average Bonchev–Trinajstić information content (AvgIpc) is 3.22. The zero-order valence-corrected chi connectivity index (χ0v) is 11.5. The summed E-state index contributed by atoms with van der Waals surface area (Å²) in [6, 6.07) is 8.90. The van der Waals surface area contributed by atoms with Crippen molar-refractivity contribution in [3.63, 3.8) is 0 Å². The quantitative estimate of drug-likeness (QED) is 0.826. The van der Waals surface area contributed by atoms with Crippen LogP contribution < -0.4 is 10.1 Å². The lowest BCUT2D eigenvalue weighted by Gasteiger charge is -2.33. The van der Waals surface area contributed by atoms with Gasteiger partial charge in [-0.1, -0.05) is 12.1 Å². The van der Waals surface area contributed by atoms with Gasteiger partial charge in [-0.05, 0) is 61.8 Å². The number of nitrogens with one attached hydrogen (secondary N) is 1. The van der Waals surface area contributed by atoms with Crippen LogP contribution in [0.25, 0.3) is 0 Å². The fraction of sp³-hybridized carbons (Fsp3) is 0.625. The molecule has 0 heterocycles. The van der Waals surface area contributed by atoms with E-state index < -0.39 is 0 Å². The highest BCUT2D eigenvalue weighted by molar-refractivity contribution is 5.30. The summed E-state index contributed by atoms with van der Waals surface area (Å²) in [6.07, 6.45) is 4.54. The monoisotopic (exact) mass is 261 g/mol. The Balaban J connectivity index is 1.59. The van der Waals surface area contributed by atoms with Gasteiger partial charge in [-0.2, -0.15) is 0 Å². The molecule has 0 aliphatic heterocycles. The number of hydrogen-bond acceptors (Lipinski definition) is 3. The highest BCUT2D eigenvalue weighted by Gasteiger charge is 2.34. The van der Waals surface area contributed by atoms with E-state index >= 15 is 0 Å². The fourth-order valence-corrected chi connectivity index (χ4v) is 2.96. The van der Waals surface area contributed by atoms with E-state index in [2.05, 4.69) is 17.4 Å². The predicted octanol–water partition coefficient (Wildman–Crippen LogP) is 2.51. The molecule has 0 radical (unpaired) electrons. The number of hydrogen-bond donors (Lipinski definition) is 2. The van der Waals surface area contributed by atoms with Gasteiger partial charge in [0.2, 0.25) is 0 Å². The standard InChI is InChI=1S/C16H23NO2/c1-19-15-6-4-13(5-7-15)16(12-2-3-12)17-10-11-8-14(18)9-11/h4-7,11-12,14,16-18H,2-3,8-10H2,1H3. The van der Waals surface area contributed by atoms with E-state index in [0.29, 0.717) is 12.0 Å². The van der Waals surface area contributed by atoms with Gasteiger partial charge in [-0.3, -0.25) is 0 Å². The summed E-state index contributed by atoms with van der Waals surface area (Å²) < 4.78 is 5.21. The van der Waals surface area contributed by atoms with Gasteiger partial charge < -0.3 is 15.2 Å². The van der Waals surface area contributed by atoms with E-state index in [0.717, 1.165) is 31.1 Å². The zero-order valence-electron chi connectivity index (χ0n) is 11.5. The van der Waals surface area contributed by atoms with E-state index in [1.165, 1.54) is 18.4 Å². The van der Waals surface area contributed by atoms with Crippen molar-refractivity contribution in [2.45, 2.75) is 37.8 Å². The fourth-order valence-electron chi connectivity index (χ4n) is 2.96. The minimum absolute atomic E-state index is 0.0489. The number of ether oxygens (including phenoxy) is 1. The number of aliphatic hydroxyl groups excluding tert-OH is 1. The number of methoxy groups -OCH3 is 1. The Bertz CT molecular complexity index is 407. The van der Waals surface area contributed by atoms with Gasteiger partial charge in [0, 0.05) is 6.04 Å². The molecule has 104 valence electrons. The van der Waals surface area contributed by atoms with Crippen molar-refractivity contribution < 1.29 is 9.84 Å². The maximum atomic E-state index is 9.34. The summed E-state index contributed by atoms with van der Waals surface area (Å²) in [5.74, 6) is 2.37. The van der Waals surface area contributed by atoms with Gasteiger partial charge in [0.15, 0.2) is 0 Å². The van der Waals surface area contributed by atoms with Crippen LogP contribution in [0.4, 0.5) is 0 Å². The van der Waals surface area contributed by atoms with Crippen molar-refractivity contribution in [3.05, 3.63) is 29.8 Å². The van der Waals surface area contributed by atoms with Crippen molar-refractivity contribution in [3.8, 4) is 5.75 Å². The van der Waals surface area contributed by atoms with Crippen LogP contribution in [0.2, 0.25) is 0 Å². The Hall–Kier alpha value is -1.06. The maximum absolute atomic E-state index is 9.34. The summed E-state index contributed by atoms with van der Waals surface area (Å²) in [4.78, 5) is 0. The molecule has 2 aliphatic rings. The minimum atomic E-state index is -0.0489. The van der Waals surface area contributed by atoms with Gasteiger partial charge in [-0.25, -0.2) is 0 Å². The number of rotatable bonds is 6. The SMILES string of the molecule is COc1ccc(C(NCC2CC(O)C2)C2CC2)cc1. The van der Waals surface area contributed by atoms with Crippen LogP contribution in [-0.2, 0) is 0 Å². The van der Waals surface area contributed by atoms with Gasteiger partial charge in [0.25, 0.3) is 0 Å². The molecule has 1 unspecified atom stereocenters. The van der Waals surface area contributed by atoms with Crippen LogP contribution in [0.1, 0.15) is 37.3 Å². The molecule has 3 nitrogen and oxygen atoms in total. The second-order valence-electron chi connectivity index (χ2n) is 5.99. The van der Waals surface area contributed by atoms with Crippen LogP contribution in [0.3, 0.4) is 0 Å². The molecule has 0 amide bonds. The summed E-state index contributed by atoms with van der Waals surface area (Å²) in [5.41, 5.74) is 1.36. The third kappa shape index (κ3) is 3.10. The third-order valence-corrected chi connectivity index (χ3v) is 4.41. The summed E-state index contributed by atoms with van der Waals surface area (Å²) in [6.45, 7) is 1.03. The summed E-state index contributed by atoms with van der Waals surface area (Å²) in [7, 11) is 1.70. The van der Waals surface area contributed by atoms with E-state index in [1.54, 1.807) is 7.11 Å². The molecule has 2 saturated carbocycles. The molecule has 2 fully saturated rings. The Morgan fingerprint density at radius 3 is 2.47 bits per heavy atom. The molecule has 2 aliphatic carbocycles. The van der Waals surface area contributed by atoms with E-state index in [-0.39, 0.29) is 6.10 Å². The largest absolute Gasteiger partial charge is 0.497 e. The Kier molecular flexibility index (Phi) is 3.76. The van der Waals surface area contributed by atoms with Crippen molar-refractivity contribution in [2.24, 2.45) is 11.8 Å². The van der Waals surface area contributed by atoms with Crippen molar-refractivity contribution in [1.82, 2.24) is 5.32 Å². The normalized spacial score (nSPS) is 27.7. The lowest BCUT2D eigenvalue weighted by atomic mass is 9.82. The molecule has 0 spiro atoms. The first-order valence-corrected chi connectivity index (χ1v) is 7.31. The average molecular weight is 261 g/mol. The Labute approximate surface area is 115 Å². The van der Waals surface area contributed by atoms with Crippen LogP contribution in [0.5, 0.6) is 5.75 Å². The molecule has 1 atom stereocenters. The van der Waals surface area contributed by atoms with Gasteiger partial charge in [0.1, 0.15) is 5.75 Å². The topological polar surface area (TPSA) is 41.5 Å². The highest BCUT2D eigenvalue weighted by atomic mass is 16.5. The van der Waals surface area contributed by atoms with E-state index in [4.69, 9.17) is 4.74 Å². The van der Waals surface area contributed by atoms with Gasteiger partial charge in [0.05, 0.1) is 13.2 Å². The molecule has 3 heteroatoms. The van der Waals surface area contributed by atoms with Crippen molar-refractivity contribution >= 4 is 0 Å². The van der Waals surface area contributed by atoms with E-state index in [1.807, 2.05) is 12.1 Å². The molecule has 3 rings (SSSR count). The Morgan fingerprint density at radius 1 is 1.26 bits per heavy atom. The lowest BCUT2D eigenvalue weighted by molar-refractivity contribution is 0.0415. The molecule has 0 bridgehead atoms. The molecular weight excluding hydrogens is 238 g/mol. The smallest absolute Gasteiger partial charge is 0.118 e. The predicted molar refractivity (Wildman–Crippen MR) is 75.2 cm³/mol. The maximum Gasteiger partial charge on any atom is 0.118 e. The van der Waals surface area contributed by atoms with Crippen LogP contribution in [-0.4, -0.2) is 24.9 Å². The Morgan fingerprint density at radius 2 is 1.95 bits per heavy atom. The van der Waals surface area contributed by atoms with Crippen LogP contribution in [0.15, 0.2) is 24.3 Å². The second kappa shape index (κ2) is 5.51. The molecule has 0 saturated heterocycles. The molecule has 1 aromatic carbocycles. The van der Waals surface area contributed by atoms with E-state index in [9.17, 15) is 5.11 Å². The molecular formula is C16H23NO2. The third-order valence-electron chi connectivity index (χ3n) is 4.41. The van der Waals surface area contributed by atoms with Gasteiger partial charge >= 0.3 is 0 Å². The van der Waals surface area contributed by atoms with Crippen LogP contribution >= 0.6 is 0 Å². The number of benzene rings is 1. The zero-order chi connectivity index (χ0) is 13.2. The number of aliphatic hydroxyl groups is 1. The van der Waals surface area contributed by atoms with Gasteiger partial charge in [-0.15, -0.1) is 0 Å². The summed E-state index contributed by atoms with van der Waals surface area (Å²) >= 11 is 0. The minimum Gasteiger partial charge on any atom is -0.497 e. The molecule has 2 N–H and O–H groups in total. The second-order valence-corrected chi connectivity index (χ2v) is 5.99. The van der Waals surface area contributed by atoms with Crippen molar-refractivity contribution in [1.29, 1.82) is 0 Å². The van der Waals surface area contributed by atoms with Crippen LogP contribution in [0, 0.1) is 11.8 Å². The highest BCUT2D eigenvalue weighted by Crippen LogP contribution is 2.41. The molecule has 0 aromatic heterocycles. The first-order chi connectivity index (χ1) is 9.26. The molecule has 1 aromatic rings. The summed E-state index contributed by atoms with van der Waals surface area (Å²) in [5, 5.41) is 13.0.